The van der Waals surface area contributed by atoms with Gasteiger partial charge in [0, 0.05) is 30.2 Å². The van der Waals surface area contributed by atoms with E-state index in [1.54, 1.807) is 33.9 Å². The molecule has 29 heavy (non-hydrogen) atoms. The molecular formula is C21H22N4O4. The van der Waals surface area contributed by atoms with Crippen molar-refractivity contribution in [2.75, 3.05) is 0 Å². The molecule has 0 radical (unpaired) electrons. The second-order valence-electron chi connectivity index (χ2n) is 7.59. The van der Waals surface area contributed by atoms with Crippen LogP contribution in [-0.4, -0.2) is 53.0 Å². The van der Waals surface area contributed by atoms with Crippen molar-refractivity contribution in [3.05, 3.63) is 60.0 Å². The van der Waals surface area contributed by atoms with Crippen molar-refractivity contribution in [3.63, 3.8) is 0 Å². The van der Waals surface area contributed by atoms with Gasteiger partial charge in [-0.15, -0.1) is 0 Å². The van der Waals surface area contributed by atoms with Crippen LogP contribution < -0.4 is 0 Å². The summed E-state index contributed by atoms with van der Waals surface area (Å²) in [6.45, 7) is 1.98. The Bertz CT molecular complexity index is 1200. The summed E-state index contributed by atoms with van der Waals surface area (Å²) in [5, 5.41) is 38.3. The highest BCUT2D eigenvalue weighted by Gasteiger charge is 2.47. The van der Waals surface area contributed by atoms with E-state index < -0.39 is 30.6 Å². The van der Waals surface area contributed by atoms with Crippen molar-refractivity contribution < 1.29 is 20.1 Å². The van der Waals surface area contributed by atoms with Crippen molar-refractivity contribution in [1.82, 2.24) is 19.3 Å². The molecule has 1 aliphatic rings. The van der Waals surface area contributed by atoms with Crippen LogP contribution in [0.15, 0.2) is 48.9 Å². The third-order valence-electron chi connectivity index (χ3n) is 5.81. The van der Waals surface area contributed by atoms with Gasteiger partial charge in [-0.05, 0) is 36.2 Å². The summed E-state index contributed by atoms with van der Waals surface area (Å²) >= 11 is 0. The van der Waals surface area contributed by atoms with Crippen molar-refractivity contribution in [1.29, 1.82) is 0 Å². The lowest BCUT2D eigenvalue weighted by Gasteiger charge is -2.21. The van der Waals surface area contributed by atoms with Gasteiger partial charge in [-0.1, -0.05) is 12.1 Å². The first-order valence-electron chi connectivity index (χ1n) is 9.49. The van der Waals surface area contributed by atoms with Gasteiger partial charge in [0.2, 0.25) is 0 Å². The molecule has 3 N–H and O–H groups in total. The number of ether oxygens (including phenoxy) is 1. The van der Waals surface area contributed by atoms with Crippen LogP contribution in [-0.2, 0) is 11.8 Å². The molecule has 8 heteroatoms. The smallest absolute Gasteiger partial charge is 0.164 e. The third kappa shape index (κ3) is 2.76. The Morgan fingerprint density at radius 1 is 1.14 bits per heavy atom. The van der Waals surface area contributed by atoms with E-state index in [1.165, 1.54) is 0 Å². The highest BCUT2D eigenvalue weighted by atomic mass is 16.6. The largest absolute Gasteiger partial charge is 0.387 e. The van der Waals surface area contributed by atoms with Gasteiger partial charge in [-0.2, -0.15) is 5.10 Å². The number of aliphatic hydroxyl groups excluding tert-OH is 3. The van der Waals surface area contributed by atoms with Gasteiger partial charge < -0.3 is 24.6 Å². The first kappa shape index (κ1) is 18.3. The maximum absolute atomic E-state index is 10.9. The Morgan fingerprint density at radius 3 is 2.79 bits per heavy atom. The Kier molecular flexibility index (Phi) is 4.18. The van der Waals surface area contributed by atoms with Gasteiger partial charge in [0.1, 0.15) is 30.1 Å². The number of rotatable bonds is 3. The average Bonchev–Trinajstić information content (AvgIpc) is 3.39. The van der Waals surface area contributed by atoms with Crippen LogP contribution in [0.25, 0.3) is 21.9 Å². The second kappa shape index (κ2) is 6.64. The lowest BCUT2D eigenvalue weighted by molar-refractivity contribution is -0.0848. The molecule has 0 amide bonds. The lowest BCUT2D eigenvalue weighted by Crippen LogP contribution is -2.34. The van der Waals surface area contributed by atoms with E-state index in [-0.39, 0.29) is 0 Å². The molecule has 5 unspecified atom stereocenters. The fourth-order valence-electron chi connectivity index (χ4n) is 4.11. The Hall–Kier alpha value is -2.78. The van der Waals surface area contributed by atoms with Gasteiger partial charge in [-0.25, -0.2) is 4.98 Å². The summed E-state index contributed by atoms with van der Waals surface area (Å²) in [4.78, 5) is 4.39. The van der Waals surface area contributed by atoms with Crippen molar-refractivity contribution in [2.45, 2.75) is 37.6 Å². The van der Waals surface area contributed by atoms with Crippen molar-refractivity contribution in [2.24, 2.45) is 7.05 Å². The van der Waals surface area contributed by atoms with Crippen LogP contribution in [0.1, 0.15) is 23.5 Å². The molecule has 1 fully saturated rings. The minimum Gasteiger partial charge on any atom is -0.387 e. The monoisotopic (exact) mass is 394 g/mol. The van der Waals surface area contributed by atoms with Crippen LogP contribution in [0.4, 0.5) is 0 Å². The first-order valence-corrected chi connectivity index (χ1v) is 9.49. The zero-order valence-electron chi connectivity index (χ0n) is 16.0. The topological polar surface area (TPSA) is 106 Å². The van der Waals surface area contributed by atoms with Gasteiger partial charge in [-0.3, -0.25) is 4.68 Å². The van der Waals surface area contributed by atoms with Gasteiger partial charge in [0.25, 0.3) is 0 Å². The number of nitrogens with zero attached hydrogens (tertiary/aromatic N) is 4. The molecule has 1 aliphatic heterocycles. The normalized spacial score (nSPS) is 25.8. The van der Waals surface area contributed by atoms with Crippen LogP contribution in [0.5, 0.6) is 0 Å². The molecular weight excluding hydrogens is 372 g/mol. The summed E-state index contributed by atoms with van der Waals surface area (Å²) in [6, 6.07) is 9.27. The number of pyridine rings is 1. The van der Waals surface area contributed by atoms with Crippen LogP contribution in [0.3, 0.4) is 0 Å². The zero-order valence-corrected chi connectivity index (χ0v) is 16.0. The molecule has 8 nitrogen and oxygen atoms in total. The van der Waals surface area contributed by atoms with Crippen molar-refractivity contribution >= 4 is 21.9 Å². The molecule has 4 aromatic rings. The van der Waals surface area contributed by atoms with E-state index in [4.69, 9.17) is 4.74 Å². The minimum absolute atomic E-state index is 0.587. The SMILES string of the molecule is Cc1ccnc2c1ccn2C1OC(C(O)c2ccc3cnn(C)c3c2)C(O)C1O. The number of aromatic nitrogens is 4. The second-order valence-corrected chi connectivity index (χ2v) is 7.59. The zero-order chi connectivity index (χ0) is 20.3. The quantitative estimate of drug-likeness (QED) is 0.487. The van der Waals surface area contributed by atoms with E-state index in [2.05, 4.69) is 10.1 Å². The number of aryl methyl sites for hydroxylation is 2. The highest BCUT2D eigenvalue weighted by molar-refractivity contribution is 5.80. The number of aliphatic hydroxyl groups is 3. The van der Waals surface area contributed by atoms with E-state index in [0.717, 1.165) is 21.9 Å². The maximum atomic E-state index is 10.9. The molecule has 0 aliphatic carbocycles. The van der Waals surface area contributed by atoms with Crippen LogP contribution in [0, 0.1) is 6.92 Å². The fraction of sp³-hybridized carbons (Fsp3) is 0.333. The molecule has 1 saturated heterocycles. The summed E-state index contributed by atoms with van der Waals surface area (Å²) in [5.74, 6) is 0. The summed E-state index contributed by atoms with van der Waals surface area (Å²) in [6.07, 6.45) is -0.172. The predicted molar refractivity (Wildman–Crippen MR) is 106 cm³/mol. The average molecular weight is 394 g/mol. The Balaban J connectivity index is 1.48. The van der Waals surface area contributed by atoms with E-state index >= 15 is 0 Å². The first-order chi connectivity index (χ1) is 14.0. The molecule has 1 aromatic carbocycles. The minimum atomic E-state index is -1.25. The Labute approximate surface area is 166 Å². The summed E-state index contributed by atoms with van der Waals surface area (Å²) in [5.41, 5.74) is 3.17. The van der Waals surface area contributed by atoms with Gasteiger partial charge >= 0.3 is 0 Å². The molecule has 0 bridgehead atoms. The Morgan fingerprint density at radius 2 is 1.97 bits per heavy atom. The molecule has 150 valence electrons. The maximum Gasteiger partial charge on any atom is 0.164 e. The van der Waals surface area contributed by atoms with Crippen LogP contribution >= 0.6 is 0 Å². The van der Waals surface area contributed by atoms with Crippen LogP contribution in [0.2, 0.25) is 0 Å². The number of benzene rings is 1. The third-order valence-corrected chi connectivity index (χ3v) is 5.81. The standard InChI is InChI=1S/C21H22N4O4/c1-11-5-7-22-20-14(11)6-8-25(20)21-18(28)17(27)19(29-21)16(26)12-3-4-13-10-23-24(2)15(13)9-12/h3-10,16-19,21,26-28H,1-2H3. The summed E-state index contributed by atoms with van der Waals surface area (Å²) in [7, 11) is 1.82. The number of hydrogen-bond acceptors (Lipinski definition) is 6. The van der Waals surface area contributed by atoms with Crippen molar-refractivity contribution in [3.8, 4) is 0 Å². The fourth-order valence-corrected chi connectivity index (χ4v) is 4.11. The number of fused-ring (bicyclic) bond motifs is 2. The van der Waals surface area contributed by atoms with Gasteiger partial charge in [0.15, 0.2) is 6.23 Å². The summed E-state index contributed by atoms with van der Waals surface area (Å²) < 4.78 is 9.39. The lowest BCUT2D eigenvalue weighted by atomic mass is 9.98. The molecule has 5 rings (SSSR count). The van der Waals surface area contributed by atoms with E-state index in [1.807, 2.05) is 38.2 Å². The molecule has 0 saturated carbocycles. The van der Waals surface area contributed by atoms with E-state index in [0.29, 0.717) is 11.2 Å². The highest BCUT2D eigenvalue weighted by Crippen LogP contribution is 2.38. The number of hydrogen-bond donors (Lipinski definition) is 3. The van der Waals surface area contributed by atoms with Gasteiger partial charge in [0.05, 0.1) is 11.7 Å². The molecule has 4 heterocycles. The molecule has 0 spiro atoms. The predicted octanol–water partition coefficient (Wildman–Crippen LogP) is 1.58. The van der Waals surface area contributed by atoms with E-state index in [9.17, 15) is 15.3 Å². The molecule has 5 atom stereocenters. The molecule has 3 aromatic heterocycles.